The van der Waals surface area contributed by atoms with Crippen molar-refractivity contribution in [2.45, 2.75) is 38.0 Å². The molecular formula is C17H20Cl2N2O3. The molecule has 1 aliphatic rings. The van der Waals surface area contributed by atoms with Gasteiger partial charge in [0, 0.05) is 24.0 Å². The summed E-state index contributed by atoms with van der Waals surface area (Å²) in [6.45, 7) is 0. The molecule has 0 bridgehead atoms. The molecule has 3 N–H and O–H groups in total. The molecule has 0 amide bonds. The van der Waals surface area contributed by atoms with Gasteiger partial charge in [-0.25, -0.2) is 0 Å². The molecule has 1 aliphatic carbocycles. The minimum atomic E-state index is -0.844. The first kappa shape index (κ1) is 17.5. The second-order valence-electron chi connectivity index (χ2n) is 6.38. The number of carbonyl (C=O) groups is 1. The number of aliphatic hydroxyl groups is 1. The van der Waals surface area contributed by atoms with Crippen LogP contribution in [0.3, 0.4) is 0 Å². The first-order chi connectivity index (χ1) is 11.4. The van der Waals surface area contributed by atoms with Crippen LogP contribution in [0.2, 0.25) is 10.0 Å². The number of benzene rings is 1. The summed E-state index contributed by atoms with van der Waals surface area (Å²) in [6.07, 6.45) is 1.91. The van der Waals surface area contributed by atoms with Gasteiger partial charge in [-0.05, 0) is 43.9 Å². The Kier molecular flexibility index (Phi) is 5.06. The zero-order valence-corrected chi connectivity index (χ0v) is 14.8. The van der Waals surface area contributed by atoms with Gasteiger partial charge in [-0.2, -0.15) is 0 Å². The predicted molar refractivity (Wildman–Crippen MR) is 94.4 cm³/mol. The maximum Gasteiger partial charge on any atom is 0.306 e. The quantitative estimate of drug-likeness (QED) is 0.717. The molecule has 1 aromatic carbocycles. The number of aliphatic hydroxyl groups excluding tert-OH is 1. The number of nitrogens with one attached hydrogen (secondary N) is 1. The Balaban J connectivity index is 1.75. The van der Waals surface area contributed by atoms with Crippen molar-refractivity contribution in [3.63, 3.8) is 0 Å². The van der Waals surface area contributed by atoms with Gasteiger partial charge in [0.15, 0.2) is 0 Å². The number of aryl methyl sites for hydroxylation is 1. The van der Waals surface area contributed by atoms with Crippen LogP contribution in [0.15, 0.2) is 18.2 Å². The van der Waals surface area contributed by atoms with Crippen LogP contribution in [0.1, 0.15) is 37.6 Å². The highest BCUT2D eigenvalue weighted by atomic mass is 35.5. The fourth-order valence-electron chi connectivity index (χ4n) is 3.45. The summed E-state index contributed by atoms with van der Waals surface area (Å²) < 4.78 is 1.89. The molecule has 130 valence electrons. The van der Waals surface area contributed by atoms with E-state index in [1.54, 1.807) is 6.07 Å². The lowest BCUT2D eigenvalue weighted by molar-refractivity contribution is -0.142. The third-order valence-electron chi connectivity index (χ3n) is 4.90. The molecule has 7 heteroatoms. The van der Waals surface area contributed by atoms with E-state index in [0.717, 1.165) is 23.7 Å². The average molecular weight is 371 g/mol. The number of carboxylic acids is 1. The summed E-state index contributed by atoms with van der Waals surface area (Å²) in [5.74, 6) is -0.993. The lowest BCUT2D eigenvalue weighted by Gasteiger charge is -2.29. The SMILES string of the molecule is Cn1c(C(O)NC2CCC(C(=O)O)CC2)cc2c(Cl)c(Cl)ccc21. The van der Waals surface area contributed by atoms with Crippen molar-refractivity contribution in [3.05, 3.63) is 33.9 Å². The summed E-state index contributed by atoms with van der Waals surface area (Å²) in [4.78, 5) is 11.0. The molecule has 1 fully saturated rings. The molecule has 3 rings (SSSR count). The van der Waals surface area contributed by atoms with Gasteiger partial charge in [-0.1, -0.05) is 23.2 Å². The van der Waals surface area contributed by atoms with Crippen LogP contribution in [0, 0.1) is 5.92 Å². The Labute approximate surface area is 150 Å². The first-order valence-electron chi connectivity index (χ1n) is 7.98. The third-order valence-corrected chi connectivity index (χ3v) is 5.72. The molecule has 0 radical (unpaired) electrons. The Hall–Kier alpha value is -1.27. The zero-order chi connectivity index (χ0) is 17.4. The molecule has 0 saturated heterocycles. The second-order valence-corrected chi connectivity index (χ2v) is 7.16. The molecule has 2 aromatic rings. The second kappa shape index (κ2) is 6.92. The van der Waals surface area contributed by atoms with Crippen molar-refractivity contribution in [2.24, 2.45) is 13.0 Å². The third kappa shape index (κ3) is 3.26. The molecule has 1 heterocycles. The Morgan fingerprint density at radius 1 is 1.29 bits per heavy atom. The lowest BCUT2D eigenvalue weighted by atomic mass is 9.86. The molecule has 0 spiro atoms. The van der Waals surface area contributed by atoms with Crippen molar-refractivity contribution in [1.29, 1.82) is 0 Å². The van der Waals surface area contributed by atoms with Crippen molar-refractivity contribution in [3.8, 4) is 0 Å². The number of rotatable bonds is 4. The lowest BCUT2D eigenvalue weighted by Crippen LogP contribution is -2.37. The molecule has 24 heavy (non-hydrogen) atoms. The summed E-state index contributed by atoms with van der Waals surface area (Å²) >= 11 is 12.3. The smallest absolute Gasteiger partial charge is 0.306 e. The van der Waals surface area contributed by atoms with Crippen LogP contribution in [0.5, 0.6) is 0 Å². The highest BCUT2D eigenvalue weighted by Crippen LogP contribution is 2.34. The van der Waals surface area contributed by atoms with Gasteiger partial charge in [0.2, 0.25) is 0 Å². The Morgan fingerprint density at radius 3 is 2.58 bits per heavy atom. The van der Waals surface area contributed by atoms with Crippen LogP contribution >= 0.6 is 23.2 Å². The maximum absolute atomic E-state index is 11.0. The molecule has 1 unspecified atom stereocenters. The van der Waals surface area contributed by atoms with Gasteiger partial charge in [0.1, 0.15) is 6.23 Å². The number of carboxylic acid groups (broad SMARTS) is 1. The van der Waals surface area contributed by atoms with Gasteiger partial charge in [0.05, 0.1) is 21.7 Å². The van der Waals surface area contributed by atoms with E-state index in [1.165, 1.54) is 0 Å². The van der Waals surface area contributed by atoms with Crippen LogP contribution in [-0.2, 0) is 11.8 Å². The number of aromatic nitrogens is 1. The number of halogens is 2. The van der Waals surface area contributed by atoms with Crippen LogP contribution < -0.4 is 5.32 Å². The first-order valence-corrected chi connectivity index (χ1v) is 8.74. The largest absolute Gasteiger partial charge is 0.481 e. The van der Waals surface area contributed by atoms with E-state index in [-0.39, 0.29) is 12.0 Å². The molecular weight excluding hydrogens is 351 g/mol. The Morgan fingerprint density at radius 2 is 1.96 bits per heavy atom. The van der Waals surface area contributed by atoms with Crippen molar-refractivity contribution in [1.82, 2.24) is 9.88 Å². The van der Waals surface area contributed by atoms with E-state index in [2.05, 4.69) is 5.32 Å². The van der Waals surface area contributed by atoms with E-state index >= 15 is 0 Å². The molecule has 1 saturated carbocycles. The maximum atomic E-state index is 11.0. The average Bonchev–Trinajstić information content (AvgIpc) is 2.89. The number of aliphatic carboxylic acids is 1. The summed E-state index contributed by atoms with van der Waals surface area (Å²) in [7, 11) is 1.87. The number of hydrogen-bond donors (Lipinski definition) is 3. The van der Waals surface area contributed by atoms with E-state index in [9.17, 15) is 9.90 Å². The predicted octanol–water partition coefficient (Wildman–Crippen LogP) is 3.71. The van der Waals surface area contributed by atoms with Crippen LogP contribution in [0.4, 0.5) is 0 Å². The van der Waals surface area contributed by atoms with Crippen molar-refractivity contribution < 1.29 is 15.0 Å². The van der Waals surface area contributed by atoms with Gasteiger partial charge < -0.3 is 14.8 Å². The summed E-state index contributed by atoms with van der Waals surface area (Å²) in [6, 6.07) is 5.55. The molecule has 0 aliphatic heterocycles. The van der Waals surface area contributed by atoms with E-state index in [1.807, 2.05) is 23.7 Å². The minimum Gasteiger partial charge on any atom is -0.481 e. The summed E-state index contributed by atoms with van der Waals surface area (Å²) in [5.41, 5.74) is 1.60. The van der Waals surface area contributed by atoms with Crippen LogP contribution in [0.25, 0.3) is 10.9 Å². The fraction of sp³-hybridized carbons (Fsp3) is 0.471. The summed E-state index contributed by atoms with van der Waals surface area (Å²) in [5, 5.41) is 24.6. The van der Waals surface area contributed by atoms with Gasteiger partial charge in [0.25, 0.3) is 0 Å². The van der Waals surface area contributed by atoms with Gasteiger partial charge >= 0.3 is 5.97 Å². The van der Waals surface area contributed by atoms with Gasteiger partial charge in [-0.3, -0.25) is 10.1 Å². The molecule has 1 atom stereocenters. The van der Waals surface area contributed by atoms with E-state index < -0.39 is 12.2 Å². The zero-order valence-electron chi connectivity index (χ0n) is 13.3. The highest BCUT2D eigenvalue weighted by molar-refractivity contribution is 6.45. The number of hydrogen-bond acceptors (Lipinski definition) is 3. The number of fused-ring (bicyclic) bond motifs is 1. The van der Waals surface area contributed by atoms with Crippen molar-refractivity contribution in [2.75, 3.05) is 0 Å². The molecule has 1 aromatic heterocycles. The minimum absolute atomic E-state index is 0.104. The van der Waals surface area contributed by atoms with E-state index in [4.69, 9.17) is 28.3 Å². The van der Waals surface area contributed by atoms with Crippen molar-refractivity contribution >= 4 is 40.1 Å². The highest BCUT2D eigenvalue weighted by Gasteiger charge is 2.27. The topological polar surface area (TPSA) is 74.5 Å². The van der Waals surface area contributed by atoms with Crippen LogP contribution in [-0.4, -0.2) is 26.8 Å². The monoisotopic (exact) mass is 370 g/mol. The normalized spacial score (nSPS) is 22.7. The van der Waals surface area contributed by atoms with Gasteiger partial charge in [-0.15, -0.1) is 0 Å². The van der Waals surface area contributed by atoms with E-state index in [0.29, 0.717) is 28.6 Å². The molecule has 5 nitrogen and oxygen atoms in total. The number of nitrogens with zero attached hydrogens (tertiary/aromatic N) is 1. The Bertz CT molecular complexity index is 767. The standard InChI is InChI=1S/C17H20Cl2N2O3/c1-21-13-7-6-12(18)15(19)11(13)8-14(21)16(22)20-10-4-2-9(3-5-10)17(23)24/h6-10,16,20,22H,2-5H2,1H3,(H,23,24). The fourth-order valence-corrected chi connectivity index (χ4v) is 3.83.